The molecule has 1 atom stereocenters. The highest BCUT2D eigenvalue weighted by molar-refractivity contribution is 5.80. The third-order valence-electron chi connectivity index (χ3n) is 2.27. The Morgan fingerprint density at radius 3 is 2.79 bits per heavy atom. The molecule has 1 N–H and O–H groups in total. The molecular formula is C12H15F3N2O2. The van der Waals surface area contributed by atoms with Crippen molar-refractivity contribution in [3.05, 3.63) is 30.1 Å². The van der Waals surface area contributed by atoms with Gasteiger partial charge in [-0.25, -0.2) is 0 Å². The molecule has 1 aromatic heterocycles. The average molecular weight is 276 g/mol. The highest BCUT2D eigenvalue weighted by Gasteiger charge is 2.29. The smallest absolute Gasteiger partial charge is 0.359 e. The highest BCUT2D eigenvalue weighted by atomic mass is 19.4. The normalized spacial score (nSPS) is 13.1. The van der Waals surface area contributed by atoms with Crippen LogP contribution in [0.3, 0.4) is 0 Å². The first-order valence-corrected chi connectivity index (χ1v) is 5.74. The van der Waals surface area contributed by atoms with Crippen molar-refractivity contribution in [2.45, 2.75) is 25.6 Å². The van der Waals surface area contributed by atoms with Gasteiger partial charge in [0, 0.05) is 24.9 Å². The monoisotopic (exact) mass is 276 g/mol. The number of carbonyl (C=O) groups is 1. The predicted molar refractivity (Wildman–Crippen MR) is 62.4 cm³/mol. The molecule has 0 fully saturated rings. The summed E-state index contributed by atoms with van der Waals surface area (Å²) < 4.78 is 40.1. The molecule has 0 aromatic carbocycles. The molecule has 0 saturated heterocycles. The van der Waals surface area contributed by atoms with Crippen molar-refractivity contribution in [1.29, 1.82) is 0 Å². The van der Waals surface area contributed by atoms with Crippen molar-refractivity contribution in [3.8, 4) is 0 Å². The minimum atomic E-state index is -4.43. The van der Waals surface area contributed by atoms with Crippen LogP contribution in [0, 0.1) is 0 Å². The van der Waals surface area contributed by atoms with Crippen molar-refractivity contribution in [3.63, 3.8) is 0 Å². The van der Waals surface area contributed by atoms with Crippen LogP contribution in [0.4, 0.5) is 13.2 Å². The molecule has 0 aliphatic carbocycles. The number of amides is 1. The van der Waals surface area contributed by atoms with Crippen LogP contribution in [0.1, 0.15) is 12.6 Å². The molecule has 4 nitrogen and oxygen atoms in total. The number of carbonyl (C=O) groups excluding carboxylic acids is 1. The molecule has 0 bridgehead atoms. The van der Waals surface area contributed by atoms with Gasteiger partial charge in [-0.2, -0.15) is 13.2 Å². The van der Waals surface area contributed by atoms with Gasteiger partial charge < -0.3 is 10.1 Å². The lowest BCUT2D eigenvalue weighted by Crippen LogP contribution is -2.37. The third-order valence-corrected chi connectivity index (χ3v) is 2.27. The fraction of sp³-hybridized carbons (Fsp3) is 0.500. The van der Waals surface area contributed by atoms with Crippen molar-refractivity contribution < 1.29 is 22.7 Å². The number of pyridine rings is 1. The van der Waals surface area contributed by atoms with Gasteiger partial charge in [-0.3, -0.25) is 9.78 Å². The quantitative estimate of drug-likeness (QED) is 0.860. The Bertz CT molecular complexity index is 396. The summed E-state index contributed by atoms with van der Waals surface area (Å²) >= 11 is 0. The summed E-state index contributed by atoms with van der Waals surface area (Å²) in [5.41, 5.74) is 0.798. The first-order valence-electron chi connectivity index (χ1n) is 5.74. The van der Waals surface area contributed by atoms with Gasteiger partial charge in [0.05, 0.1) is 0 Å². The molecule has 0 saturated carbocycles. The number of rotatable bonds is 6. The van der Waals surface area contributed by atoms with E-state index >= 15 is 0 Å². The van der Waals surface area contributed by atoms with E-state index in [1.165, 1.54) is 6.92 Å². The topological polar surface area (TPSA) is 51.2 Å². The number of ether oxygens (including phenoxy) is 1. The Hall–Kier alpha value is -1.63. The minimum Gasteiger partial charge on any atom is -0.359 e. The Kier molecular flexibility index (Phi) is 5.75. The van der Waals surface area contributed by atoms with Crippen molar-refractivity contribution >= 4 is 5.91 Å². The molecule has 1 aromatic rings. The maximum Gasteiger partial charge on any atom is 0.411 e. The minimum absolute atomic E-state index is 0.301. The number of hydrogen-bond donors (Lipinski definition) is 1. The summed E-state index contributed by atoms with van der Waals surface area (Å²) in [6.45, 7) is 0.152. The molecule has 1 amide bonds. The lowest BCUT2D eigenvalue weighted by atomic mass is 10.2. The van der Waals surface area contributed by atoms with Gasteiger partial charge in [-0.15, -0.1) is 0 Å². The van der Waals surface area contributed by atoms with Gasteiger partial charge >= 0.3 is 6.18 Å². The van der Waals surface area contributed by atoms with Crippen molar-refractivity contribution in [2.75, 3.05) is 13.2 Å². The fourth-order valence-electron chi connectivity index (χ4n) is 1.30. The standard InChI is InChI=1S/C12H15F3N2O2/c1-9(19-8-12(13,14)15)11(18)17-7-5-10-4-2-3-6-16-10/h2-4,6,9H,5,7-8H2,1H3,(H,17,18). The van der Waals surface area contributed by atoms with Gasteiger partial charge in [-0.05, 0) is 19.1 Å². The summed E-state index contributed by atoms with van der Waals surface area (Å²) in [5, 5.41) is 2.50. The van der Waals surface area contributed by atoms with E-state index in [0.29, 0.717) is 13.0 Å². The van der Waals surface area contributed by atoms with E-state index < -0.39 is 24.8 Å². The van der Waals surface area contributed by atoms with Crippen LogP contribution in [-0.2, 0) is 16.0 Å². The first-order chi connectivity index (χ1) is 8.88. The molecule has 0 aliphatic rings. The Morgan fingerprint density at radius 1 is 1.47 bits per heavy atom. The van der Waals surface area contributed by atoms with E-state index in [9.17, 15) is 18.0 Å². The molecule has 19 heavy (non-hydrogen) atoms. The van der Waals surface area contributed by atoms with E-state index in [-0.39, 0.29) is 0 Å². The summed E-state index contributed by atoms with van der Waals surface area (Å²) in [4.78, 5) is 15.5. The Labute approximate surface area is 109 Å². The maximum atomic E-state index is 11.9. The second-order valence-corrected chi connectivity index (χ2v) is 3.93. The van der Waals surface area contributed by atoms with Crippen LogP contribution in [0.2, 0.25) is 0 Å². The molecule has 1 unspecified atom stereocenters. The van der Waals surface area contributed by atoms with Crippen LogP contribution in [0.15, 0.2) is 24.4 Å². The van der Waals surface area contributed by atoms with Gasteiger partial charge in [0.15, 0.2) is 0 Å². The lowest BCUT2D eigenvalue weighted by Gasteiger charge is -2.14. The number of alkyl halides is 3. The molecule has 0 spiro atoms. The van der Waals surface area contributed by atoms with E-state index in [2.05, 4.69) is 15.0 Å². The van der Waals surface area contributed by atoms with Gasteiger partial charge in [0.2, 0.25) is 5.91 Å². The van der Waals surface area contributed by atoms with Gasteiger partial charge in [0.1, 0.15) is 12.7 Å². The predicted octanol–water partition coefficient (Wildman–Crippen LogP) is 1.71. The zero-order chi connectivity index (χ0) is 14.3. The third kappa shape index (κ3) is 6.76. The highest BCUT2D eigenvalue weighted by Crippen LogP contribution is 2.15. The number of hydrogen-bond acceptors (Lipinski definition) is 3. The maximum absolute atomic E-state index is 11.9. The SMILES string of the molecule is CC(OCC(F)(F)F)C(=O)NCCc1ccccn1. The molecule has 0 radical (unpaired) electrons. The molecule has 7 heteroatoms. The van der Waals surface area contributed by atoms with Crippen LogP contribution in [0.5, 0.6) is 0 Å². The zero-order valence-electron chi connectivity index (χ0n) is 10.4. The number of nitrogens with one attached hydrogen (secondary N) is 1. The largest absolute Gasteiger partial charge is 0.411 e. The summed E-state index contributed by atoms with van der Waals surface area (Å²) in [6, 6.07) is 5.39. The second kappa shape index (κ2) is 7.08. The molecule has 1 rings (SSSR count). The zero-order valence-corrected chi connectivity index (χ0v) is 10.4. The van der Waals surface area contributed by atoms with E-state index in [1.54, 1.807) is 18.3 Å². The molecular weight excluding hydrogens is 261 g/mol. The Balaban J connectivity index is 2.23. The van der Waals surface area contributed by atoms with Crippen molar-refractivity contribution in [2.24, 2.45) is 0 Å². The number of aromatic nitrogens is 1. The fourth-order valence-corrected chi connectivity index (χ4v) is 1.30. The van der Waals surface area contributed by atoms with Crippen LogP contribution in [-0.4, -0.2) is 36.3 Å². The van der Waals surface area contributed by atoms with Crippen LogP contribution >= 0.6 is 0 Å². The van der Waals surface area contributed by atoms with Crippen LogP contribution < -0.4 is 5.32 Å². The number of halogens is 3. The summed E-state index contributed by atoms with van der Waals surface area (Å²) in [5.74, 6) is -0.569. The summed E-state index contributed by atoms with van der Waals surface area (Å²) in [6.07, 6.45) is -3.42. The second-order valence-electron chi connectivity index (χ2n) is 3.93. The Morgan fingerprint density at radius 2 is 2.21 bits per heavy atom. The van der Waals surface area contributed by atoms with E-state index in [1.807, 2.05) is 6.07 Å². The number of nitrogens with zero attached hydrogens (tertiary/aromatic N) is 1. The molecule has 0 aliphatic heterocycles. The average Bonchev–Trinajstić information content (AvgIpc) is 2.36. The van der Waals surface area contributed by atoms with E-state index in [0.717, 1.165) is 5.69 Å². The first kappa shape index (κ1) is 15.4. The molecule has 1 heterocycles. The van der Waals surface area contributed by atoms with Gasteiger partial charge in [0.25, 0.3) is 0 Å². The molecule has 106 valence electrons. The van der Waals surface area contributed by atoms with Gasteiger partial charge in [-0.1, -0.05) is 6.07 Å². The van der Waals surface area contributed by atoms with E-state index in [4.69, 9.17) is 0 Å². The summed E-state index contributed by atoms with van der Waals surface area (Å²) in [7, 11) is 0. The van der Waals surface area contributed by atoms with Crippen molar-refractivity contribution in [1.82, 2.24) is 10.3 Å². The van der Waals surface area contributed by atoms with Crippen LogP contribution in [0.25, 0.3) is 0 Å². The lowest BCUT2D eigenvalue weighted by molar-refractivity contribution is -0.185.